The molecule has 1 amide bonds. The molecule has 1 aliphatic heterocycles. The minimum Gasteiger partial charge on any atom is -0.312 e. The smallest absolute Gasteiger partial charge is 0.223 e. The van der Waals surface area contributed by atoms with Gasteiger partial charge in [-0.25, -0.2) is 0 Å². The SMILES string of the molecule is CC(=O)N1CCc2cc(-c3ccc(C=O)cc3)ccc21. The van der Waals surface area contributed by atoms with E-state index in [1.165, 1.54) is 5.56 Å². The van der Waals surface area contributed by atoms with Crippen molar-refractivity contribution >= 4 is 17.9 Å². The largest absolute Gasteiger partial charge is 0.312 e. The Kier molecular flexibility index (Phi) is 3.11. The number of carbonyl (C=O) groups excluding carboxylic acids is 2. The van der Waals surface area contributed by atoms with Gasteiger partial charge in [-0.2, -0.15) is 0 Å². The summed E-state index contributed by atoms with van der Waals surface area (Å²) in [6.45, 7) is 2.36. The van der Waals surface area contributed by atoms with E-state index >= 15 is 0 Å². The average Bonchev–Trinajstić information content (AvgIpc) is 2.90. The molecule has 0 saturated carbocycles. The predicted octanol–water partition coefficient (Wildman–Crippen LogP) is 3.08. The highest BCUT2D eigenvalue weighted by atomic mass is 16.2. The van der Waals surface area contributed by atoms with Crippen LogP contribution in [0.15, 0.2) is 42.5 Å². The van der Waals surface area contributed by atoms with Crippen molar-refractivity contribution in [3.63, 3.8) is 0 Å². The van der Waals surface area contributed by atoms with Gasteiger partial charge >= 0.3 is 0 Å². The van der Waals surface area contributed by atoms with Crippen LogP contribution in [0.25, 0.3) is 11.1 Å². The molecule has 0 N–H and O–H groups in total. The van der Waals surface area contributed by atoms with Crippen molar-refractivity contribution in [2.75, 3.05) is 11.4 Å². The van der Waals surface area contributed by atoms with E-state index in [4.69, 9.17) is 0 Å². The summed E-state index contributed by atoms with van der Waals surface area (Å²) in [6.07, 6.45) is 1.74. The molecule has 0 spiro atoms. The molecule has 0 saturated heterocycles. The maximum Gasteiger partial charge on any atom is 0.223 e. The summed E-state index contributed by atoms with van der Waals surface area (Å²) in [5, 5.41) is 0. The van der Waals surface area contributed by atoms with Gasteiger partial charge in [-0.1, -0.05) is 30.3 Å². The molecule has 3 nitrogen and oxygen atoms in total. The minimum atomic E-state index is 0.0897. The highest BCUT2D eigenvalue weighted by Gasteiger charge is 2.22. The third-order valence-electron chi connectivity index (χ3n) is 3.74. The van der Waals surface area contributed by atoms with Crippen LogP contribution in [-0.2, 0) is 11.2 Å². The van der Waals surface area contributed by atoms with Crippen LogP contribution in [0.2, 0.25) is 0 Å². The number of aldehydes is 1. The average molecular weight is 265 g/mol. The molecule has 2 aromatic carbocycles. The fourth-order valence-electron chi connectivity index (χ4n) is 2.66. The van der Waals surface area contributed by atoms with Crippen molar-refractivity contribution in [3.8, 4) is 11.1 Å². The molecular weight excluding hydrogens is 250 g/mol. The molecule has 3 heteroatoms. The van der Waals surface area contributed by atoms with Crippen LogP contribution in [0.4, 0.5) is 5.69 Å². The molecule has 0 fully saturated rings. The Labute approximate surface area is 117 Å². The molecular formula is C17H15NO2. The summed E-state index contributed by atoms with van der Waals surface area (Å²) in [5.74, 6) is 0.0897. The number of hydrogen-bond donors (Lipinski definition) is 0. The van der Waals surface area contributed by atoms with Gasteiger partial charge in [0.15, 0.2) is 0 Å². The zero-order valence-corrected chi connectivity index (χ0v) is 11.3. The molecule has 1 aliphatic rings. The zero-order valence-electron chi connectivity index (χ0n) is 11.3. The molecule has 2 aromatic rings. The van der Waals surface area contributed by atoms with E-state index in [1.54, 1.807) is 6.92 Å². The lowest BCUT2D eigenvalue weighted by Crippen LogP contribution is -2.25. The number of fused-ring (bicyclic) bond motifs is 1. The molecule has 20 heavy (non-hydrogen) atoms. The monoisotopic (exact) mass is 265 g/mol. The number of carbonyl (C=O) groups is 2. The van der Waals surface area contributed by atoms with Crippen LogP contribution < -0.4 is 4.90 Å². The van der Waals surface area contributed by atoms with Crippen LogP contribution in [0.3, 0.4) is 0 Å². The van der Waals surface area contributed by atoms with Crippen molar-refractivity contribution in [2.45, 2.75) is 13.3 Å². The third-order valence-corrected chi connectivity index (χ3v) is 3.74. The Hall–Kier alpha value is -2.42. The fraction of sp³-hybridized carbons (Fsp3) is 0.176. The maximum absolute atomic E-state index is 11.5. The summed E-state index contributed by atoms with van der Waals surface area (Å²) in [7, 11) is 0. The van der Waals surface area contributed by atoms with Crippen LogP contribution in [0.1, 0.15) is 22.8 Å². The standard InChI is InChI=1S/C17H15NO2/c1-12(20)18-9-8-16-10-15(6-7-17(16)18)14-4-2-13(11-19)3-5-14/h2-7,10-11H,8-9H2,1H3. The molecule has 100 valence electrons. The van der Waals surface area contributed by atoms with Crippen molar-refractivity contribution in [1.82, 2.24) is 0 Å². The van der Waals surface area contributed by atoms with Crippen LogP contribution in [-0.4, -0.2) is 18.7 Å². The lowest BCUT2D eigenvalue weighted by Gasteiger charge is -2.14. The second-order valence-corrected chi connectivity index (χ2v) is 5.00. The maximum atomic E-state index is 11.5. The van der Waals surface area contributed by atoms with Gasteiger partial charge in [0, 0.05) is 24.7 Å². The Morgan fingerprint density at radius 2 is 1.80 bits per heavy atom. The highest BCUT2D eigenvalue weighted by molar-refractivity contribution is 5.94. The number of benzene rings is 2. The highest BCUT2D eigenvalue weighted by Crippen LogP contribution is 2.32. The summed E-state index contributed by atoms with van der Waals surface area (Å²) in [4.78, 5) is 24.0. The minimum absolute atomic E-state index is 0.0897. The topological polar surface area (TPSA) is 37.4 Å². The van der Waals surface area contributed by atoms with Gasteiger partial charge in [-0.3, -0.25) is 9.59 Å². The summed E-state index contributed by atoms with van der Waals surface area (Å²) in [6, 6.07) is 13.7. The number of rotatable bonds is 2. The van der Waals surface area contributed by atoms with Crippen LogP contribution in [0.5, 0.6) is 0 Å². The molecule has 0 radical (unpaired) electrons. The Morgan fingerprint density at radius 3 is 2.45 bits per heavy atom. The first-order valence-electron chi connectivity index (χ1n) is 6.65. The number of nitrogens with zero attached hydrogens (tertiary/aromatic N) is 1. The third kappa shape index (κ3) is 2.11. The van der Waals surface area contributed by atoms with Crippen LogP contribution >= 0.6 is 0 Å². The normalized spacial score (nSPS) is 13.2. The van der Waals surface area contributed by atoms with Gasteiger partial charge in [0.2, 0.25) is 5.91 Å². The second-order valence-electron chi connectivity index (χ2n) is 5.00. The van der Waals surface area contributed by atoms with E-state index in [-0.39, 0.29) is 5.91 Å². The Morgan fingerprint density at radius 1 is 1.10 bits per heavy atom. The Balaban J connectivity index is 1.96. The van der Waals surface area contributed by atoms with Gasteiger partial charge < -0.3 is 4.90 Å². The molecule has 3 rings (SSSR count). The van der Waals surface area contributed by atoms with Crippen molar-refractivity contribution < 1.29 is 9.59 Å². The van der Waals surface area contributed by atoms with Crippen LogP contribution in [0, 0.1) is 0 Å². The fourth-order valence-corrected chi connectivity index (χ4v) is 2.66. The lowest BCUT2D eigenvalue weighted by atomic mass is 10.0. The van der Waals surface area contributed by atoms with Crippen molar-refractivity contribution in [2.24, 2.45) is 0 Å². The molecule has 0 aliphatic carbocycles. The molecule has 0 unspecified atom stereocenters. The van der Waals surface area contributed by atoms with E-state index < -0.39 is 0 Å². The zero-order chi connectivity index (χ0) is 14.1. The van der Waals surface area contributed by atoms with E-state index in [1.807, 2.05) is 41.3 Å². The first kappa shape index (κ1) is 12.6. The first-order valence-corrected chi connectivity index (χ1v) is 6.65. The summed E-state index contributed by atoms with van der Waals surface area (Å²) in [5.41, 5.74) is 5.10. The predicted molar refractivity (Wildman–Crippen MR) is 79.0 cm³/mol. The van der Waals surface area contributed by atoms with E-state index in [2.05, 4.69) is 6.07 Å². The van der Waals surface area contributed by atoms with E-state index in [9.17, 15) is 9.59 Å². The number of hydrogen-bond acceptors (Lipinski definition) is 2. The van der Waals surface area contributed by atoms with E-state index in [0.29, 0.717) is 5.56 Å². The van der Waals surface area contributed by atoms with Gasteiger partial charge in [0.1, 0.15) is 6.29 Å². The molecule has 0 bridgehead atoms. The van der Waals surface area contributed by atoms with Gasteiger partial charge in [0.05, 0.1) is 0 Å². The summed E-state index contributed by atoms with van der Waals surface area (Å²) >= 11 is 0. The van der Waals surface area contributed by atoms with Gasteiger partial charge in [-0.15, -0.1) is 0 Å². The molecule has 0 aromatic heterocycles. The Bertz CT molecular complexity index is 674. The summed E-state index contributed by atoms with van der Waals surface area (Å²) < 4.78 is 0. The molecule has 1 heterocycles. The second kappa shape index (κ2) is 4.93. The lowest BCUT2D eigenvalue weighted by molar-refractivity contribution is -0.116. The van der Waals surface area contributed by atoms with Gasteiger partial charge in [0.25, 0.3) is 0 Å². The van der Waals surface area contributed by atoms with Crippen molar-refractivity contribution in [1.29, 1.82) is 0 Å². The number of anilines is 1. The van der Waals surface area contributed by atoms with E-state index in [0.717, 1.165) is 36.1 Å². The quantitative estimate of drug-likeness (QED) is 0.782. The first-order chi connectivity index (χ1) is 9.69. The van der Waals surface area contributed by atoms with Gasteiger partial charge in [-0.05, 0) is 35.2 Å². The van der Waals surface area contributed by atoms with Crippen molar-refractivity contribution in [3.05, 3.63) is 53.6 Å². The molecule has 0 atom stereocenters. The number of amides is 1.